The van der Waals surface area contributed by atoms with Gasteiger partial charge in [-0.15, -0.1) is 0 Å². The van der Waals surface area contributed by atoms with Gasteiger partial charge in [-0.1, -0.05) is 18.2 Å². The molecule has 2 rings (SSSR count). The van der Waals surface area contributed by atoms with Gasteiger partial charge in [0.15, 0.2) is 0 Å². The Labute approximate surface area is 116 Å². The Bertz CT molecular complexity index is 601. The highest BCUT2D eigenvalue weighted by atomic mass is 16.4. The number of amides is 1. The standard InChI is InChI=1S/C15H14N2O3/c16-9-10-4-3-5-11(8-10)17-14(18)12-6-1-2-7-13(12)15(19)20/h1-5,8,12-13H,6-7H2,(H,17,18)(H,19,20)/t12-,13+/m0/s1. The summed E-state index contributed by atoms with van der Waals surface area (Å²) < 4.78 is 0. The summed E-state index contributed by atoms with van der Waals surface area (Å²) in [5.41, 5.74) is 0.953. The third-order valence-electron chi connectivity index (χ3n) is 3.35. The van der Waals surface area contributed by atoms with Crippen LogP contribution >= 0.6 is 0 Å². The fourth-order valence-corrected chi connectivity index (χ4v) is 2.28. The number of carboxylic acid groups (broad SMARTS) is 1. The van der Waals surface area contributed by atoms with Crippen LogP contribution in [0.2, 0.25) is 0 Å². The van der Waals surface area contributed by atoms with Crippen LogP contribution in [0.4, 0.5) is 5.69 Å². The van der Waals surface area contributed by atoms with E-state index in [0.717, 1.165) is 0 Å². The minimum atomic E-state index is -0.958. The second kappa shape index (κ2) is 6.02. The van der Waals surface area contributed by atoms with Crippen LogP contribution in [0.5, 0.6) is 0 Å². The van der Waals surface area contributed by atoms with Crippen molar-refractivity contribution in [2.45, 2.75) is 12.8 Å². The molecule has 0 spiro atoms. The van der Waals surface area contributed by atoms with E-state index in [4.69, 9.17) is 10.4 Å². The van der Waals surface area contributed by atoms with E-state index in [0.29, 0.717) is 24.1 Å². The molecule has 0 saturated heterocycles. The summed E-state index contributed by atoms with van der Waals surface area (Å²) in [5.74, 6) is -2.56. The number of hydrogen-bond donors (Lipinski definition) is 2. The van der Waals surface area contributed by atoms with Crippen LogP contribution in [0.25, 0.3) is 0 Å². The van der Waals surface area contributed by atoms with E-state index < -0.39 is 17.8 Å². The monoisotopic (exact) mass is 270 g/mol. The third-order valence-corrected chi connectivity index (χ3v) is 3.35. The second-order valence-corrected chi connectivity index (χ2v) is 4.68. The Balaban J connectivity index is 2.12. The van der Waals surface area contributed by atoms with Gasteiger partial charge in [0.25, 0.3) is 0 Å². The Morgan fingerprint density at radius 3 is 2.60 bits per heavy atom. The van der Waals surface area contributed by atoms with Crippen LogP contribution in [-0.2, 0) is 9.59 Å². The number of aliphatic carboxylic acids is 1. The zero-order chi connectivity index (χ0) is 14.5. The van der Waals surface area contributed by atoms with Gasteiger partial charge in [-0.05, 0) is 31.0 Å². The van der Waals surface area contributed by atoms with Gasteiger partial charge in [0.05, 0.1) is 23.5 Å². The van der Waals surface area contributed by atoms with E-state index in [2.05, 4.69) is 5.32 Å². The zero-order valence-electron chi connectivity index (χ0n) is 10.7. The lowest BCUT2D eigenvalue weighted by molar-refractivity contribution is -0.146. The first kappa shape index (κ1) is 13.8. The van der Waals surface area contributed by atoms with Gasteiger partial charge < -0.3 is 10.4 Å². The Morgan fingerprint density at radius 2 is 1.95 bits per heavy atom. The predicted octanol–water partition coefficient (Wildman–Crippen LogP) is 2.16. The molecule has 2 atom stereocenters. The molecule has 0 unspecified atom stereocenters. The minimum Gasteiger partial charge on any atom is -0.481 e. The molecule has 0 bridgehead atoms. The molecular formula is C15H14N2O3. The molecule has 0 radical (unpaired) electrons. The summed E-state index contributed by atoms with van der Waals surface area (Å²) in [7, 11) is 0. The first-order chi connectivity index (χ1) is 9.61. The van der Waals surface area contributed by atoms with Crippen LogP contribution in [0.1, 0.15) is 18.4 Å². The fraction of sp³-hybridized carbons (Fsp3) is 0.267. The summed E-state index contributed by atoms with van der Waals surface area (Å²) in [5, 5.41) is 20.6. The van der Waals surface area contributed by atoms with Crippen molar-refractivity contribution in [1.29, 1.82) is 5.26 Å². The van der Waals surface area contributed by atoms with Crippen molar-refractivity contribution in [3.63, 3.8) is 0 Å². The minimum absolute atomic E-state index is 0.322. The number of nitriles is 1. The van der Waals surface area contributed by atoms with Crippen LogP contribution in [0, 0.1) is 23.2 Å². The van der Waals surface area contributed by atoms with Gasteiger partial charge in [0.1, 0.15) is 0 Å². The van der Waals surface area contributed by atoms with E-state index >= 15 is 0 Å². The highest BCUT2D eigenvalue weighted by Gasteiger charge is 2.33. The molecule has 102 valence electrons. The van der Waals surface area contributed by atoms with Crippen LogP contribution in [0.15, 0.2) is 36.4 Å². The third kappa shape index (κ3) is 3.04. The van der Waals surface area contributed by atoms with Gasteiger partial charge >= 0.3 is 5.97 Å². The molecule has 0 saturated carbocycles. The van der Waals surface area contributed by atoms with Gasteiger partial charge in [-0.25, -0.2) is 0 Å². The van der Waals surface area contributed by atoms with E-state index in [1.54, 1.807) is 30.3 Å². The lowest BCUT2D eigenvalue weighted by Gasteiger charge is -2.24. The van der Waals surface area contributed by atoms with Crippen molar-refractivity contribution in [2.24, 2.45) is 11.8 Å². The molecular weight excluding hydrogens is 256 g/mol. The molecule has 1 aliphatic rings. The largest absolute Gasteiger partial charge is 0.481 e. The number of carboxylic acids is 1. The van der Waals surface area contributed by atoms with Crippen molar-refractivity contribution in [1.82, 2.24) is 0 Å². The average molecular weight is 270 g/mol. The van der Waals surface area contributed by atoms with Gasteiger partial charge in [0.2, 0.25) is 5.91 Å². The summed E-state index contributed by atoms with van der Waals surface area (Å²) in [4.78, 5) is 23.4. The Kier molecular flexibility index (Phi) is 4.16. The quantitative estimate of drug-likeness (QED) is 0.823. The predicted molar refractivity (Wildman–Crippen MR) is 72.8 cm³/mol. The molecule has 5 nitrogen and oxygen atoms in total. The molecule has 0 aromatic heterocycles. The number of benzene rings is 1. The second-order valence-electron chi connectivity index (χ2n) is 4.68. The van der Waals surface area contributed by atoms with Crippen molar-refractivity contribution in [3.8, 4) is 6.07 Å². The SMILES string of the molecule is N#Cc1cccc(NC(=O)[C@H]2CC=CC[C@H]2C(=O)O)c1. The topological polar surface area (TPSA) is 90.2 Å². The highest BCUT2D eigenvalue weighted by Crippen LogP contribution is 2.27. The lowest BCUT2D eigenvalue weighted by atomic mass is 9.82. The molecule has 0 fully saturated rings. The molecule has 1 aliphatic carbocycles. The molecule has 5 heteroatoms. The summed E-state index contributed by atoms with van der Waals surface area (Å²) in [6.07, 6.45) is 4.40. The smallest absolute Gasteiger partial charge is 0.307 e. The number of allylic oxidation sites excluding steroid dienone is 2. The number of nitrogens with zero attached hydrogens (tertiary/aromatic N) is 1. The highest BCUT2D eigenvalue weighted by molar-refractivity contribution is 5.95. The number of carbonyl (C=O) groups is 2. The average Bonchev–Trinajstić information content (AvgIpc) is 2.47. The zero-order valence-corrected chi connectivity index (χ0v) is 10.7. The molecule has 1 aromatic rings. The molecule has 20 heavy (non-hydrogen) atoms. The van der Waals surface area contributed by atoms with Gasteiger partial charge in [-0.2, -0.15) is 5.26 Å². The van der Waals surface area contributed by atoms with E-state index in [1.807, 2.05) is 12.1 Å². The van der Waals surface area contributed by atoms with Gasteiger partial charge in [-0.3, -0.25) is 9.59 Å². The van der Waals surface area contributed by atoms with Crippen LogP contribution in [-0.4, -0.2) is 17.0 Å². The molecule has 0 heterocycles. The number of nitrogens with one attached hydrogen (secondary N) is 1. The first-order valence-electron chi connectivity index (χ1n) is 6.30. The number of anilines is 1. The summed E-state index contributed by atoms with van der Waals surface area (Å²) in [6.45, 7) is 0. The van der Waals surface area contributed by atoms with Gasteiger partial charge in [0, 0.05) is 5.69 Å². The normalized spacial score (nSPS) is 20.9. The maximum Gasteiger partial charge on any atom is 0.307 e. The van der Waals surface area contributed by atoms with E-state index in [-0.39, 0.29) is 5.91 Å². The van der Waals surface area contributed by atoms with E-state index in [1.165, 1.54) is 0 Å². The number of carbonyl (C=O) groups excluding carboxylic acids is 1. The molecule has 1 aromatic carbocycles. The van der Waals surface area contributed by atoms with Crippen LogP contribution in [0.3, 0.4) is 0 Å². The molecule has 0 aliphatic heterocycles. The number of hydrogen-bond acceptors (Lipinski definition) is 3. The van der Waals surface area contributed by atoms with Crippen LogP contribution < -0.4 is 5.32 Å². The van der Waals surface area contributed by atoms with Crippen molar-refractivity contribution in [2.75, 3.05) is 5.32 Å². The van der Waals surface area contributed by atoms with E-state index in [9.17, 15) is 9.59 Å². The van der Waals surface area contributed by atoms with Crippen molar-refractivity contribution >= 4 is 17.6 Å². The number of rotatable bonds is 3. The maximum atomic E-state index is 12.2. The lowest BCUT2D eigenvalue weighted by Crippen LogP contribution is -2.34. The summed E-state index contributed by atoms with van der Waals surface area (Å²) in [6, 6.07) is 8.53. The Hall–Kier alpha value is -2.61. The maximum absolute atomic E-state index is 12.2. The van der Waals surface area contributed by atoms with Crippen molar-refractivity contribution in [3.05, 3.63) is 42.0 Å². The summed E-state index contributed by atoms with van der Waals surface area (Å²) >= 11 is 0. The fourth-order valence-electron chi connectivity index (χ4n) is 2.28. The molecule has 1 amide bonds. The Morgan fingerprint density at radius 1 is 1.25 bits per heavy atom. The first-order valence-corrected chi connectivity index (χ1v) is 6.30. The molecule has 2 N–H and O–H groups in total. The van der Waals surface area contributed by atoms with Crippen molar-refractivity contribution < 1.29 is 14.7 Å².